The van der Waals surface area contributed by atoms with Crippen LogP contribution < -0.4 is 5.73 Å². The molecule has 0 bridgehead atoms. The summed E-state index contributed by atoms with van der Waals surface area (Å²) < 4.78 is 0. The van der Waals surface area contributed by atoms with Crippen molar-refractivity contribution in [2.24, 2.45) is 4.99 Å². The predicted octanol–water partition coefficient (Wildman–Crippen LogP) is 4.44. The average molecular weight is 476 g/mol. The quantitative estimate of drug-likeness (QED) is 0.0982. The van der Waals surface area contributed by atoms with Gasteiger partial charge in [-0.1, -0.05) is 0 Å². The van der Waals surface area contributed by atoms with Gasteiger partial charge in [-0.15, -0.1) is 0 Å². The molecule has 0 aliphatic rings. The molecule has 35 heavy (non-hydrogen) atoms. The van der Waals surface area contributed by atoms with E-state index in [0.29, 0.717) is 23.2 Å². The van der Waals surface area contributed by atoms with E-state index >= 15 is 0 Å². The molecule has 8 N–H and O–H groups in total. The van der Waals surface area contributed by atoms with Gasteiger partial charge in [0.1, 0.15) is 40.8 Å². The van der Waals surface area contributed by atoms with Gasteiger partial charge < -0.3 is 36.4 Å². The number of phenols is 6. The minimum absolute atomic E-state index is 0.0165. The number of hydrogen-bond donors (Lipinski definition) is 7. The van der Waals surface area contributed by atoms with Gasteiger partial charge in [0.15, 0.2) is 0 Å². The van der Waals surface area contributed by atoms with Crippen LogP contribution in [-0.4, -0.2) is 43.1 Å². The molecule has 0 amide bonds. The summed E-state index contributed by atoms with van der Waals surface area (Å²) in [5, 5.41) is 54.0. The van der Waals surface area contributed by atoms with Crippen LogP contribution >= 0.6 is 0 Å². The van der Waals surface area contributed by atoms with Crippen LogP contribution in [0.5, 0.6) is 34.5 Å². The summed E-state index contributed by atoms with van der Waals surface area (Å²) >= 11 is 0. The Morgan fingerprint density at radius 1 is 0.543 bits per heavy atom. The highest BCUT2D eigenvalue weighted by atomic mass is 16.3. The first-order valence-corrected chi connectivity index (χ1v) is 10.0. The van der Waals surface area contributed by atoms with E-state index in [4.69, 9.17) is 26.2 Å². The van der Waals surface area contributed by atoms with Gasteiger partial charge in [0.2, 0.25) is 0 Å². The van der Waals surface area contributed by atoms with Crippen LogP contribution in [0.25, 0.3) is 0 Å². The average Bonchev–Trinajstić information content (AvgIpc) is 2.80. The lowest BCUT2D eigenvalue weighted by molar-refractivity contribution is 0.112. The Morgan fingerprint density at radius 2 is 0.943 bits per heavy atom. The van der Waals surface area contributed by atoms with Crippen molar-refractivity contribution in [1.82, 2.24) is 0 Å². The maximum Gasteiger partial charge on any atom is 0.150 e. The highest BCUT2D eigenvalue weighted by molar-refractivity contribution is 5.83. The fraction of sp³-hybridized carbons (Fsp3) is 0. The number of carbonyl (C=O) groups is 1. The second-order valence-corrected chi connectivity index (χ2v) is 7.05. The van der Waals surface area contributed by atoms with Crippen LogP contribution in [0.4, 0.5) is 11.4 Å². The van der Waals surface area contributed by atoms with Crippen LogP contribution in [0.2, 0.25) is 0 Å². The van der Waals surface area contributed by atoms with E-state index < -0.39 is 0 Å². The van der Waals surface area contributed by atoms with Crippen molar-refractivity contribution in [2.45, 2.75) is 0 Å². The number of anilines is 1. The molecule has 9 nitrogen and oxygen atoms in total. The van der Waals surface area contributed by atoms with Gasteiger partial charge in [0, 0.05) is 35.2 Å². The zero-order valence-corrected chi connectivity index (χ0v) is 18.4. The number of aromatic hydroxyl groups is 6. The topological polar surface area (TPSA) is 177 Å². The van der Waals surface area contributed by atoms with Crippen LogP contribution in [0.3, 0.4) is 0 Å². The first-order valence-electron chi connectivity index (χ1n) is 10.0. The second kappa shape index (κ2) is 12.8. The zero-order valence-electron chi connectivity index (χ0n) is 18.4. The molecule has 0 atom stereocenters. The summed E-state index contributed by atoms with van der Waals surface area (Å²) in [6, 6.07) is 20.7. The van der Waals surface area contributed by atoms with Crippen molar-refractivity contribution < 1.29 is 35.4 Å². The van der Waals surface area contributed by atoms with Crippen molar-refractivity contribution in [3.05, 3.63) is 96.1 Å². The Kier molecular flexibility index (Phi) is 9.50. The van der Waals surface area contributed by atoms with Crippen LogP contribution in [-0.2, 0) is 0 Å². The van der Waals surface area contributed by atoms with Crippen molar-refractivity contribution in [3.63, 3.8) is 0 Å². The van der Waals surface area contributed by atoms with Crippen molar-refractivity contribution in [1.29, 1.82) is 0 Å². The number of benzene rings is 4. The van der Waals surface area contributed by atoms with Crippen LogP contribution in [0.15, 0.2) is 89.9 Å². The Balaban J connectivity index is 0.000000204. The minimum atomic E-state index is -0.109. The van der Waals surface area contributed by atoms with Crippen LogP contribution in [0, 0.1) is 0 Å². The van der Waals surface area contributed by atoms with Gasteiger partial charge in [-0.3, -0.25) is 9.79 Å². The molecule has 0 aromatic heterocycles. The lowest BCUT2D eigenvalue weighted by Gasteiger charge is -1.98. The summed E-state index contributed by atoms with van der Waals surface area (Å²) in [6.07, 6.45) is 2.07. The van der Waals surface area contributed by atoms with Crippen molar-refractivity contribution >= 4 is 23.9 Å². The highest BCUT2D eigenvalue weighted by Crippen LogP contribution is 2.21. The molecule has 0 radical (unpaired) electrons. The molecule has 0 fully saturated rings. The lowest BCUT2D eigenvalue weighted by Crippen LogP contribution is -1.80. The molecule has 4 aromatic carbocycles. The summed E-state index contributed by atoms with van der Waals surface area (Å²) in [4.78, 5) is 14.2. The highest BCUT2D eigenvalue weighted by Gasteiger charge is 1.97. The molecule has 0 aliphatic heterocycles. The summed E-state index contributed by atoms with van der Waals surface area (Å²) in [7, 11) is 0. The first-order chi connectivity index (χ1) is 16.6. The fourth-order valence-electron chi connectivity index (χ4n) is 2.54. The molecule has 0 saturated heterocycles. The van der Waals surface area contributed by atoms with E-state index in [1.807, 2.05) is 0 Å². The maximum absolute atomic E-state index is 10.1. The Labute approximate surface area is 201 Å². The summed E-state index contributed by atoms with van der Waals surface area (Å²) in [5.41, 5.74) is 7.51. The fourth-order valence-corrected chi connectivity index (χ4v) is 2.54. The third kappa shape index (κ3) is 9.87. The third-order valence-electron chi connectivity index (χ3n) is 4.09. The molecule has 180 valence electrons. The minimum Gasteiger partial charge on any atom is -0.508 e. The van der Waals surface area contributed by atoms with Gasteiger partial charge in [-0.05, 0) is 72.8 Å². The Bertz CT molecular complexity index is 1210. The molecular weight excluding hydrogens is 452 g/mol. The van der Waals surface area contributed by atoms with Crippen molar-refractivity contribution in [2.75, 3.05) is 5.73 Å². The number of nitrogens with zero attached hydrogens (tertiary/aromatic N) is 1. The summed E-state index contributed by atoms with van der Waals surface area (Å²) in [6.45, 7) is 0. The zero-order chi connectivity index (χ0) is 25.8. The van der Waals surface area contributed by atoms with Crippen LogP contribution in [0.1, 0.15) is 15.9 Å². The predicted molar refractivity (Wildman–Crippen MR) is 133 cm³/mol. The van der Waals surface area contributed by atoms with Gasteiger partial charge in [0.05, 0.1) is 5.69 Å². The number of carbonyl (C=O) groups excluding carboxylic acids is 1. The molecule has 0 unspecified atom stereocenters. The number of hydrogen-bond acceptors (Lipinski definition) is 9. The van der Waals surface area contributed by atoms with E-state index in [1.165, 1.54) is 48.7 Å². The Morgan fingerprint density at radius 3 is 1.34 bits per heavy atom. The van der Waals surface area contributed by atoms with Crippen molar-refractivity contribution in [3.8, 4) is 34.5 Å². The van der Waals surface area contributed by atoms with E-state index in [9.17, 15) is 15.0 Å². The van der Waals surface area contributed by atoms with E-state index in [2.05, 4.69) is 4.99 Å². The molecule has 0 saturated carbocycles. The number of aliphatic imine (C=N–C) groups is 1. The third-order valence-corrected chi connectivity index (χ3v) is 4.09. The lowest BCUT2D eigenvalue weighted by atomic mass is 10.2. The normalized spacial score (nSPS) is 9.94. The number of phenolic OH excluding ortho intramolecular Hbond substituents is 6. The Hall–Kier alpha value is -5.18. The number of nitrogen functional groups attached to an aromatic ring is 1. The standard InChI is InChI=1S/C13H11NO3.C7H6O3.C6H7NO/c15-11-3-1-10(2-4-11)14-8-9-5-12(16)7-13(17)6-9;8-4-5-1-6(9)3-7(10)2-5;7-5-1-3-6(8)4-2-5/h1-8,15-17H;1-4,9-10H;1-4,8H,7H2. The van der Waals surface area contributed by atoms with E-state index in [-0.39, 0.29) is 40.1 Å². The van der Waals surface area contributed by atoms with E-state index in [1.54, 1.807) is 36.4 Å². The second-order valence-electron chi connectivity index (χ2n) is 7.05. The van der Waals surface area contributed by atoms with Gasteiger partial charge in [-0.25, -0.2) is 0 Å². The smallest absolute Gasteiger partial charge is 0.150 e. The SMILES string of the molecule is Nc1ccc(O)cc1.O=Cc1cc(O)cc(O)c1.Oc1ccc(N=Cc2cc(O)cc(O)c2)cc1. The largest absolute Gasteiger partial charge is 0.508 e. The monoisotopic (exact) mass is 476 g/mol. The van der Waals surface area contributed by atoms with Gasteiger partial charge >= 0.3 is 0 Å². The molecule has 0 spiro atoms. The summed E-state index contributed by atoms with van der Waals surface area (Å²) in [5.74, 6) is 0.177. The maximum atomic E-state index is 10.1. The molecule has 4 aromatic rings. The molecule has 4 rings (SSSR count). The first kappa shape index (κ1) is 26.1. The van der Waals surface area contributed by atoms with E-state index in [0.717, 1.165) is 6.07 Å². The molecule has 9 heteroatoms. The number of nitrogens with two attached hydrogens (primary N) is 1. The van der Waals surface area contributed by atoms with Gasteiger partial charge in [0.25, 0.3) is 0 Å². The molecule has 0 aliphatic carbocycles. The molecular formula is C26H24N2O7. The number of aldehydes is 1. The molecule has 0 heterocycles. The van der Waals surface area contributed by atoms with Gasteiger partial charge in [-0.2, -0.15) is 0 Å². The number of rotatable bonds is 3.